The monoisotopic (exact) mass is 457 g/mol. The van der Waals surface area contributed by atoms with Gasteiger partial charge in [-0.25, -0.2) is 13.9 Å². The lowest BCUT2D eigenvalue weighted by molar-refractivity contribution is -0.147. The van der Waals surface area contributed by atoms with Crippen LogP contribution in [0.5, 0.6) is 0 Å². The van der Waals surface area contributed by atoms with Crippen molar-refractivity contribution in [2.75, 3.05) is 26.7 Å². The number of carbonyl (C=O) groups excluding carboxylic acids is 2. The van der Waals surface area contributed by atoms with Gasteiger partial charge in [-0.15, -0.1) is 0 Å². The summed E-state index contributed by atoms with van der Waals surface area (Å²) in [7, 11) is -4.96. The van der Waals surface area contributed by atoms with Crippen LogP contribution in [0.2, 0.25) is 0 Å². The highest BCUT2D eigenvalue weighted by Crippen LogP contribution is 2.35. The van der Waals surface area contributed by atoms with E-state index in [1.54, 1.807) is 4.90 Å². The molecule has 8 nitrogen and oxygen atoms in total. The van der Waals surface area contributed by atoms with E-state index < -0.39 is 39.8 Å². The van der Waals surface area contributed by atoms with E-state index in [-0.39, 0.29) is 22.6 Å². The molecule has 1 saturated heterocycles. The number of hydrogen-bond acceptors (Lipinski definition) is 5. The lowest BCUT2D eigenvalue weighted by Crippen LogP contribution is -2.50. The van der Waals surface area contributed by atoms with Gasteiger partial charge in [0.25, 0.3) is 0 Å². The number of alkyl halides is 3. The summed E-state index contributed by atoms with van der Waals surface area (Å²) >= 11 is 0. The molecule has 30 heavy (non-hydrogen) atoms. The molecule has 0 spiro atoms. The molecule has 0 aromatic rings. The van der Waals surface area contributed by atoms with Crippen molar-refractivity contribution < 1.29 is 36.4 Å². The topological polar surface area (TPSA) is 107 Å². The van der Waals surface area contributed by atoms with Gasteiger partial charge in [0.15, 0.2) is 0 Å². The number of hydrogen-bond donors (Lipinski definition) is 2. The maximum Gasteiger partial charge on any atom is 0.511 e. The smallest absolute Gasteiger partial charge is 0.342 e. The van der Waals surface area contributed by atoms with E-state index in [0.717, 1.165) is 52.0 Å². The Labute approximate surface area is 174 Å². The van der Waals surface area contributed by atoms with Crippen LogP contribution in [-0.2, 0) is 19.6 Å². The van der Waals surface area contributed by atoms with E-state index in [4.69, 9.17) is 5.21 Å². The average Bonchev–Trinajstić information content (AvgIpc) is 3.22. The summed E-state index contributed by atoms with van der Waals surface area (Å²) in [4.78, 5) is 27.2. The Morgan fingerprint density at radius 2 is 1.67 bits per heavy atom. The molecule has 0 unspecified atom stereocenters. The molecule has 0 aromatic carbocycles. The summed E-state index contributed by atoms with van der Waals surface area (Å²) in [5, 5.41) is 9.17. The Kier molecular flexibility index (Phi) is 8.51. The van der Waals surface area contributed by atoms with Crippen molar-refractivity contribution in [2.45, 2.75) is 56.9 Å². The third kappa shape index (κ3) is 5.85. The number of nitrogens with zero attached hydrogens (tertiary/aromatic N) is 2. The van der Waals surface area contributed by atoms with Gasteiger partial charge in [-0.05, 0) is 31.6 Å². The number of halogens is 3. The minimum absolute atomic E-state index is 0.0397. The van der Waals surface area contributed by atoms with Crippen LogP contribution in [0.15, 0.2) is 0 Å². The summed E-state index contributed by atoms with van der Waals surface area (Å²) in [6, 6.07) is 0. The molecule has 2 atom stereocenters. The van der Waals surface area contributed by atoms with Crippen LogP contribution < -0.4 is 5.48 Å². The van der Waals surface area contributed by atoms with Gasteiger partial charge in [0.2, 0.25) is 11.8 Å². The summed E-state index contributed by atoms with van der Waals surface area (Å²) < 4.78 is 62.4. The third-order valence-corrected chi connectivity index (χ3v) is 7.69. The molecule has 2 rings (SSSR count). The van der Waals surface area contributed by atoms with Crippen molar-refractivity contribution in [1.29, 1.82) is 0 Å². The number of sulfonamides is 1. The fraction of sp³-hybridized carbons (Fsp3) is 0.889. The lowest BCUT2D eigenvalue weighted by atomic mass is 9.81. The Morgan fingerprint density at radius 3 is 2.17 bits per heavy atom. The molecule has 1 aliphatic carbocycles. The van der Waals surface area contributed by atoms with Gasteiger partial charge in [0.05, 0.1) is 11.8 Å². The summed E-state index contributed by atoms with van der Waals surface area (Å²) in [5.41, 5.74) is -4.12. The van der Waals surface area contributed by atoms with Crippen molar-refractivity contribution in [3.63, 3.8) is 0 Å². The Morgan fingerprint density at radius 1 is 1.10 bits per heavy atom. The highest BCUT2D eigenvalue weighted by molar-refractivity contribution is 7.89. The van der Waals surface area contributed by atoms with E-state index in [1.807, 2.05) is 0 Å². The molecule has 0 radical (unpaired) electrons. The number of amides is 2. The van der Waals surface area contributed by atoms with Gasteiger partial charge >= 0.3 is 15.5 Å². The first-order valence-electron chi connectivity index (χ1n) is 10.2. The Bertz CT molecular complexity index is 704. The molecule has 2 aliphatic rings. The standard InChI is InChI=1S/C18H30F3N3O5S/c1-23(30(28,29)18(19,20)21)12-15(16(25)22-27)14(11-13-7-3-4-8-13)17(26)24-9-5-2-6-10-24/h13-15,27H,2-12H2,1H3,(H,22,25)/t14-,15-/m1/s1. The van der Waals surface area contributed by atoms with Crippen LogP contribution in [0.4, 0.5) is 13.2 Å². The van der Waals surface area contributed by atoms with Crippen molar-refractivity contribution in [3.8, 4) is 0 Å². The van der Waals surface area contributed by atoms with Gasteiger partial charge in [0.1, 0.15) is 0 Å². The average molecular weight is 458 g/mol. The predicted molar refractivity (Wildman–Crippen MR) is 102 cm³/mol. The summed E-state index contributed by atoms with van der Waals surface area (Å²) in [6.07, 6.45) is 6.44. The molecule has 1 heterocycles. The van der Waals surface area contributed by atoms with Crippen molar-refractivity contribution >= 4 is 21.8 Å². The zero-order chi connectivity index (χ0) is 22.5. The number of carbonyl (C=O) groups is 2. The Balaban J connectivity index is 2.32. The number of likely N-dealkylation sites (tertiary alicyclic amines) is 1. The molecule has 0 bridgehead atoms. The molecular formula is C18H30F3N3O5S. The first-order valence-corrected chi connectivity index (χ1v) is 11.7. The van der Waals surface area contributed by atoms with Crippen LogP contribution in [0.1, 0.15) is 51.4 Å². The fourth-order valence-corrected chi connectivity index (χ4v) is 5.13. The van der Waals surface area contributed by atoms with Crippen LogP contribution in [-0.4, -0.2) is 66.8 Å². The van der Waals surface area contributed by atoms with Gasteiger partial charge in [0, 0.05) is 26.7 Å². The van der Waals surface area contributed by atoms with Crippen LogP contribution in [0, 0.1) is 17.8 Å². The molecule has 174 valence electrons. The number of piperidine rings is 1. The van der Waals surface area contributed by atoms with E-state index in [9.17, 15) is 31.2 Å². The zero-order valence-electron chi connectivity index (χ0n) is 17.0. The lowest BCUT2D eigenvalue weighted by Gasteiger charge is -2.35. The summed E-state index contributed by atoms with van der Waals surface area (Å²) in [5.74, 6) is -3.75. The molecular weight excluding hydrogens is 427 g/mol. The highest BCUT2D eigenvalue weighted by atomic mass is 32.2. The van der Waals surface area contributed by atoms with E-state index in [1.165, 1.54) is 5.48 Å². The van der Waals surface area contributed by atoms with Crippen molar-refractivity contribution in [1.82, 2.24) is 14.7 Å². The van der Waals surface area contributed by atoms with E-state index >= 15 is 0 Å². The molecule has 1 aliphatic heterocycles. The fourth-order valence-electron chi connectivity index (χ4n) is 4.42. The Hall–Kier alpha value is -1.40. The van der Waals surface area contributed by atoms with Gasteiger partial charge in [-0.3, -0.25) is 14.8 Å². The SMILES string of the molecule is CN(C[C@@H](C(=O)NO)[C@@H](CC1CCCC1)C(=O)N1CCCCC1)S(=O)(=O)C(F)(F)F. The van der Waals surface area contributed by atoms with Crippen LogP contribution in [0.25, 0.3) is 0 Å². The minimum atomic E-state index is -5.68. The molecule has 2 fully saturated rings. The second kappa shape index (κ2) is 10.3. The van der Waals surface area contributed by atoms with E-state index in [0.29, 0.717) is 13.1 Å². The second-order valence-electron chi connectivity index (χ2n) is 8.19. The first-order chi connectivity index (χ1) is 14.0. The van der Waals surface area contributed by atoms with Crippen molar-refractivity contribution in [2.24, 2.45) is 17.8 Å². The molecule has 2 N–H and O–H groups in total. The third-order valence-electron chi connectivity index (χ3n) is 6.14. The molecule has 2 amide bonds. The zero-order valence-corrected chi connectivity index (χ0v) is 17.8. The van der Waals surface area contributed by atoms with Crippen molar-refractivity contribution in [3.05, 3.63) is 0 Å². The maximum atomic E-state index is 13.3. The minimum Gasteiger partial charge on any atom is -0.342 e. The molecule has 12 heteroatoms. The van der Waals surface area contributed by atoms with Crippen LogP contribution in [0.3, 0.4) is 0 Å². The number of hydroxylamine groups is 1. The largest absolute Gasteiger partial charge is 0.511 e. The number of nitrogens with one attached hydrogen (secondary N) is 1. The molecule has 1 saturated carbocycles. The second-order valence-corrected chi connectivity index (χ2v) is 10.2. The van der Waals surface area contributed by atoms with Gasteiger partial charge in [-0.1, -0.05) is 25.7 Å². The normalized spacial score (nSPS) is 20.9. The van der Waals surface area contributed by atoms with E-state index in [2.05, 4.69) is 0 Å². The first kappa shape index (κ1) is 24.9. The predicted octanol–water partition coefficient (Wildman–Crippen LogP) is 2.10. The van der Waals surface area contributed by atoms with Gasteiger partial charge < -0.3 is 4.90 Å². The summed E-state index contributed by atoms with van der Waals surface area (Å²) in [6.45, 7) is 0.125. The number of rotatable bonds is 8. The van der Waals surface area contributed by atoms with Gasteiger partial charge in [-0.2, -0.15) is 17.5 Å². The quantitative estimate of drug-likeness (QED) is 0.429. The van der Waals surface area contributed by atoms with Crippen LogP contribution >= 0.6 is 0 Å². The maximum absolute atomic E-state index is 13.3. The highest BCUT2D eigenvalue weighted by Gasteiger charge is 2.50. The molecule has 0 aromatic heterocycles.